The minimum atomic E-state index is -3.86. The number of aryl methyl sites for hydroxylation is 1. The van der Waals surface area contributed by atoms with Crippen LogP contribution >= 0.6 is 0 Å². The summed E-state index contributed by atoms with van der Waals surface area (Å²) in [6, 6.07) is 5.03. The number of sulfonamides is 1. The molecule has 5 atom stereocenters. The largest absolute Gasteiger partial charge is 0.395 e. The van der Waals surface area contributed by atoms with Crippen LogP contribution in [0.2, 0.25) is 0 Å². The van der Waals surface area contributed by atoms with Crippen LogP contribution < -0.4 is 10.3 Å². The summed E-state index contributed by atoms with van der Waals surface area (Å²) < 4.78 is 24.3. The average Bonchev–Trinajstić information content (AvgIpc) is 2.58. The molecule has 1 aliphatic heterocycles. The molecular weight excluding hydrogens is 354 g/mol. The quantitative estimate of drug-likeness (QED) is 0.253. The van der Waals surface area contributed by atoms with Crippen LogP contribution in [0.1, 0.15) is 5.56 Å². The van der Waals surface area contributed by atoms with Gasteiger partial charge in [-0.15, -0.1) is 4.83 Å². The van der Waals surface area contributed by atoms with E-state index >= 15 is 0 Å². The second-order valence-corrected chi connectivity index (χ2v) is 7.59. The lowest BCUT2D eigenvalue weighted by atomic mass is 9.93. The number of aliphatic hydroxyl groups excluding tert-OH is 5. The molecule has 10 nitrogen and oxygen atoms in total. The Morgan fingerprint density at radius 2 is 1.64 bits per heavy atom. The first-order valence-corrected chi connectivity index (χ1v) is 9.07. The number of rotatable bonds is 6. The molecule has 0 saturated carbocycles. The molecule has 0 amide bonds. The normalized spacial score (nSPS) is 31.2. The first kappa shape index (κ1) is 20.2. The summed E-state index contributed by atoms with van der Waals surface area (Å²) in [4.78, 5) is 3.18. The van der Waals surface area contributed by atoms with Gasteiger partial charge in [-0.3, -0.25) is 4.90 Å². The molecule has 7 N–H and O–H groups in total. The van der Waals surface area contributed by atoms with E-state index in [-0.39, 0.29) is 11.6 Å². The van der Waals surface area contributed by atoms with Crippen molar-refractivity contribution in [3.05, 3.63) is 29.8 Å². The molecule has 1 heterocycles. The molecule has 2 rings (SSSR count). The van der Waals surface area contributed by atoms with Gasteiger partial charge in [0, 0.05) is 0 Å². The van der Waals surface area contributed by atoms with Crippen LogP contribution in [-0.2, 0) is 10.0 Å². The summed E-state index contributed by atoms with van der Waals surface area (Å²) in [6.07, 6.45) is -6.42. The Balaban J connectivity index is 2.02. The number of hydrazine groups is 1. The Hall–Kier alpha value is -1.15. The summed E-state index contributed by atoms with van der Waals surface area (Å²) in [5.74, 6) is 0. The lowest BCUT2D eigenvalue weighted by molar-refractivity contribution is -0.224. The molecule has 25 heavy (non-hydrogen) atoms. The molecule has 1 aromatic carbocycles. The molecule has 0 spiro atoms. The highest BCUT2D eigenvalue weighted by Crippen LogP contribution is 2.22. The van der Waals surface area contributed by atoms with Crippen LogP contribution in [0.15, 0.2) is 29.2 Å². The number of nitrogens with zero attached hydrogens (tertiary/aromatic N) is 1. The standard InChI is InChI=1S/C14H23N3O7S/c1-8-2-4-9(5-3-8)25(23,24)16-15-7-17-10(6-18)11(19)12(20)13(21)14(17)22/h2-5,10-16,18-22H,6-7H2,1H3/t10-,11-,12+,13-,14?/m1/s1. The van der Waals surface area contributed by atoms with Crippen molar-refractivity contribution in [2.75, 3.05) is 13.3 Å². The third-order valence-corrected chi connectivity index (χ3v) is 5.46. The van der Waals surface area contributed by atoms with E-state index in [1.54, 1.807) is 12.1 Å². The molecule has 0 aliphatic carbocycles. The maximum absolute atomic E-state index is 12.2. The molecule has 142 valence electrons. The average molecular weight is 377 g/mol. The molecule has 0 radical (unpaired) electrons. The van der Waals surface area contributed by atoms with Gasteiger partial charge in [-0.2, -0.15) is 0 Å². The number of hydrogen-bond donors (Lipinski definition) is 7. The van der Waals surface area contributed by atoms with Crippen LogP contribution in [0.25, 0.3) is 0 Å². The van der Waals surface area contributed by atoms with Gasteiger partial charge < -0.3 is 25.5 Å². The first-order valence-electron chi connectivity index (χ1n) is 7.59. The third-order valence-electron chi connectivity index (χ3n) is 4.15. The summed E-state index contributed by atoms with van der Waals surface area (Å²) in [5, 5.41) is 48.5. The Kier molecular flexibility index (Phi) is 6.48. The predicted octanol–water partition coefficient (Wildman–Crippen LogP) is -3.19. The zero-order chi connectivity index (χ0) is 18.8. The second kappa shape index (κ2) is 8.03. The monoisotopic (exact) mass is 377 g/mol. The highest BCUT2D eigenvalue weighted by atomic mass is 32.2. The highest BCUT2D eigenvalue weighted by molar-refractivity contribution is 7.89. The van der Waals surface area contributed by atoms with E-state index in [1.165, 1.54) is 12.1 Å². The molecule has 1 unspecified atom stereocenters. The molecule has 1 aromatic rings. The lowest BCUT2D eigenvalue weighted by Gasteiger charge is -2.46. The number of benzene rings is 1. The van der Waals surface area contributed by atoms with Crippen molar-refractivity contribution in [3.8, 4) is 0 Å². The summed E-state index contributed by atoms with van der Waals surface area (Å²) >= 11 is 0. The number of likely N-dealkylation sites (tertiary alicyclic amines) is 1. The van der Waals surface area contributed by atoms with E-state index < -0.39 is 47.2 Å². The Labute approximate surface area is 145 Å². The minimum Gasteiger partial charge on any atom is -0.395 e. The van der Waals surface area contributed by atoms with Crippen molar-refractivity contribution in [2.45, 2.75) is 42.4 Å². The van der Waals surface area contributed by atoms with E-state index in [9.17, 15) is 34.0 Å². The molecule has 0 bridgehead atoms. The van der Waals surface area contributed by atoms with Crippen molar-refractivity contribution in [3.63, 3.8) is 0 Å². The van der Waals surface area contributed by atoms with Crippen LogP contribution in [0.4, 0.5) is 0 Å². The third kappa shape index (κ3) is 4.34. The Morgan fingerprint density at radius 3 is 2.20 bits per heavy atom. The fourth-order valence-electron chi connectivity index (χ4n) is 2.61. The van der Waals surface area contributed by atoms with Gasteiger partial charge in [-0.25, -0.2) is 13.8 Å². The second-order valence-electron chi connectivity index (χ2n) is 5.90. The molecule has 0 aromatic heterocycles. The van der Waals surface area contributed by atoms with Gasteiger partial charge in [-0.1, -0.05) is 17.7 Å². The van der Waals surface area contributed by atoms with Gasteiger partial charge in [0.25, 0.3) is 10.0 Å². The fraction of sp³-hybridized carbons (Fsp3) is 0.571. The zero-order valence-corrected chi connectivity index (χ0v) is 14.3. The summed E-state index contributed by atoms with van der Waals surface area (Å²) in [5.41, 5.74) is 3.27. The molecule has 1 aliphatic rings. The zero-order valence-electron chi connectivity index (χ0n) is 13.5. The minimum absolute atomic E-state index is 0.0268. The highest BCUT2D eigenvalue weighted by Gasteiger charge is 2.46. The Morgan fingerprint density at radius 1 is 1.04 bits per heavy atom. The van der Waals surface area contributed by atoms with E-state index in [0.29, 0.717) is 0 Å². The van der Waals surface area contributed by atoms with Gasteiger partial charge in [0.2, 0.25) is 0 Å². The topological polar surface area (TPSA) is 163 Å². The van der Waals surface area contributed by atoms with Crippen molar-refractivity contribution in [1.82, 2.24) is 15.2 Å². The Bertz CT molecular complexity index is 670. The van der Waals surface area contributed by atoms with Crippen molar-refractivity contribution < 1.29 is 34.0 Å². The molecular formula is C14H23N3O7S. The molecule has 1 fully saturated rings. The van der Waals surface area contributed by atoms with E-state index in [2.05, 4.69) is 10.3 Å². The maximum Gasteiger partial charge on any atom is 0.253 e. The van der Waals surface area contributed by atoms with E-state index in [4.69, 9.17) is 0 Å². The summed E-state index contributed by atoms with van der Waals surface area (Å²) in [7, 11) is -3.86. The van der Waals surface area contributed by atoms with E-state index in [1.807, 2.05) is 6.92 Å². The van der Waals surface area contributed by atoms with E-state index in [0.717, 1.165) is 10.5 Å². The number of piperidine rings is 1. The maximum atomic E-state index is 12.2. The SMILES string of the molecule is Cc1ccc(S(=O)(=O)NNCN2C(O)[C@H](O)[C@@H](O)[C@H](O)[C@H]2CO)cc1. The van der Waals surface area contributed by atoms with Gasteiger partial charge in [0.1, 0.15) is 24.5 Å². The number of aliphatic hydroxyl groups is 5. The molecule has 1 saturated heterocycles. The van der Waals surface area contributed by atoms with Gasteiger partial charge in [0.15, 0.2) is 0 Å². The number of nitrogens with one attached hydrogen (secondary N) is 2. The fourth-order valence-corrected chi connectivity index (χ4v) is 3.48. The van der Waals surface area contributed by atoms with Crippen molar-refractivity contribution in [2.24, 2.45) is 0 Å². The van der Waals surface area contributed by atoms with Crippen molar-refractivity contribution in [1.29, 1.82) is 0 Å². The number of hydrogen-bond acceptors (Lipinski definition) is 9. The van der Waals surface area contributed by atoms with Gasteiger partial charge in [0.05, 0.1) is 24.2 Å². The van der Waals surface area contributed by atoms with Gasteiger partial charge in [-0.05, 0) is 19.1 Å². The predicted molar refractivity (Wildman–Crippen MR) is 86.2 cm³/mol. The lowest BCUT2D eigenvalue weighted by Crippen LogP contribution is -2.69. The summed E-state index contributed by atoms with van der Waals surface area (Å²) in [6.45, 7) is 0.868. The smallest absolute Gasteiger partial charge is 0.253 e. The van der Waals surface area contributed by atoms with Crippen LogP contribution in [-0.4, -0.2) is 82.7 Å². The van der Waals surface area contributed by atoms with Crippen LogP contribution in [0, 0.1) is 6.92 Å². The first-order chi connectivity index (χ1) is 11.7. The van der Waals surface area contributed by atoms with Crippen LogP contribution in [0.3, 0.4) is 0 Å². The van der Waals surface area contributed by atoms with Gasteiger partial charge >= 0.3 is 0 Å². The molecule has 11 heteroatoms. The van der Waals surface area contributed by atoms with Crippen molar-refractivity contribution >= 4 is 10.0 Å². The van der Waals surface area contributed by atoms with Crippen LogP contribution in [0.5, 0.6) is 0 Å².